The number of pyridine rings is 1. The molecule has 0 aliphatic rings. The first-order valence-corrected chi connectivity index (χ1v) is 7.89. The number of benzene rings is 2. The molecular weight excluding hydrogens is 358 g/mol. The number of aromatic carboxylic acids is 1. The van der Waals surface area contributed by atoms with Gasteiger partial charge >= 0.3 is 11.7 Å². The fourth-order valence-corrected chi connectivity index (χ4v) is 2.79. The van der Waals surface area contributed by atoms with Crippen molar-refractivity contribution in [3.8, 4) is 17.1 Å². The summed E-state index contributed by atoms with van der Waals surface area (Å²) < 4.78 is 6.33. The number of aromatic nitrogens is 3. The normalized spacial score (nSPS) is 11.0. The van der Waals surface area contributed by atoms with Crippen LogP contribution in [0.1, 0.15) is 10.4 Å². The fraction of sp³-hybridized carbons (Fsp3) is 0. The highest BCUT2D eigenvalue weighted by Crippen LogP contribution is 2.24. The first-order valence-electron chi connectivity index (χ1n) is 7.51. The summed E-state index contributed by atoms with van der Waals surface area (Å²) >= 11 is 5.98. The van der Waals surface area contributed by atoms with E-state index in [0.717, 1.165) is 4.68 Å². The molecule has 0 radical (unpaired) electrons. The molecule has 4 aromatic rings. The fourth-order valence-electron chi connectivity index (χ4n) is 2.62. The van der Waals surface area contributed by atoms with Crippen molar-refractivity contribution < 1.29 is 14.3 Å². The minimum absolute atomic E-state index is 0.0250. The third-order valence-electron chi connectivity index (χ3n) is 3.81. The van der Waals surface area contributed by atoms with E-state index in [2.05, 4.69) is 10.1 Å². The predicted molar refractivity (Wildman–Crippen MR) is 94.8 cm³/mol. The molecule has 0 bridgehead atoms. The average Bonchev–Trinajstić information content (AvgIpc) is 3.02. The Morgan fingerprint density at radius 3 is 2.81 bits per heavy atom. The van der Waals surface area contributed by atoms with Crippen LogP contribution in [0.25, 0.3) is 28.0 Å². The molecular formula is C18H10ClN3O4. The van der Waals surface area contributed by atoms with E-state index < -0.39 is 11.7 Å². The predicted octanol–water partition coefficient (Wildman–Crippen LogP) is 3.39. The van der Waals surface area contributed by atoms with Crippen LogP contribution in [0.2, 0.25) is 5.02 Å². The van der Waals surface area contributed by atoms with Crippen molar-refractivity contribution in [1.82, 2.24) is 14.8 Å². The second-order valence-corrected chi connectivity index (χ2v) is 5.90. The van der Waals surface area contributed by atoms with Gasteiger partial charge in [0.25, 0.3) is 0 Å². The number of halogens is 1. The van der Waals surface area contributed by atoms with Gasteiger partial charge in [0.2, 0.25) is 5.89 Å². The summed E-state index contributed by atoms with van der Waals surface area (Å²) in [6, 6.07) is 12.8. The topological polar surface area (TPSA) is 98.2 Å². The van der Waals surface area contributed by atoms with E-state index in [0.29, 0.717) is 27.2 Å². The number of fused-ring (bicyclic) bond motifs is 1. The second kappa shape index (κ2) is 6.12. The summed E-state index contributed by atoms with van der Waals surface area (Å²) in [4.78, 5) is 27.7. The van der Waals surface area contributed by atoms with Gasteiger partial charge in [-0.05, 0) is 42.5 Å². The van der Waals surface area contributed by atoms with Gasteiger partial charge in [0, 0.05) is 22.2 Å². The van der Waals surface area contributed by atoms with Crippen molar-refractivity contribution in [3.05, 3.63) is 75.9 Å². The van der Waals surface area contributed by atoms with Gasteiger partial charge < -0.3 is 9.52 Å². The van der Waals surface area contributed by atoms with Gasteiger partial charge in [-0.3, -0.25) is 4.98 Å². The van der Waals surface area contributed by atoms with Gasteiger partial charge in [-0.1, -0.05) is 17.7 Å². The van der Waals surface area contributed by atoms with E-state index in [1.54, 1.807) is 42.6 Å². The molecule has 0 aliphatic heterocycles. The molecule has 128 valence electrons. The maximum Gasteiger partial charge on any atom is 0.442 e. The highest BCUT2D eigenvalue weighted by atomic mass is 35.5. The lowest BCUT2D eigenvalue weighted by Crippen LogP contribution is -2.13. The minimum atomic E-state index is -1.08. The first kappa shape index (κ1) is 16.0. The van der Waals surface area contributed by atoms with Crippen LogP contribution in [0, 0.1) is 0 Å². The summed E-state index contributed by atoms with van der Waals surface area (Å²) in [5, 5.41) is 14.5. The molecule has 0 saturated carbocycles. The van der Waals surface area contributed by atoms with Gasteiger partial charge in [-0.15, -0.1) is 5.10 Å². The van der Waals surface area contributed by atoms with E-state index >= 15 is 0 Å². The second-order valence-electron chi connectivity index (χ2n) is 5.46. The van der Waals surface area contributed by atoms with Crippen LogP contribution in [0.5, 0.6) is 0 Å². The van der Waals surface area contributed by atoms with Crippen molar-refractivity contribution in [2.45, 2.75) is 0 Å². The molecule has 7 nitrogen and oxygen atoms in total. The minimum Gasteiger partial charge on any atom is -0.478 e. The molecule has 0 unspecified atom stereocenters. The molecule has 0 amide bonds. The zero-order valence-corrected chi connectivity index (χ0v) is 13.8. The molecule has 2 aromatic carbocycles. The summed E-state index contributed by atoms with van der Waals surface area (Å²) in [6.07, 6.45) is 1.54. The van der Waals surface area contributed by atoms with Gasteiger partial charge in [0.15, 0.2) is 0 Å². The number of carboxylic acid groups (broad SMARTS) is 1. The lowest BCUT2D eigenvalue weighted by molar-refractivity contribution is 0.0697. The quantitative estimate of drug-likeness (QED) is 0.596. The summed E-state index contributed by atoms with van der Waals surface area (Å²) in [7, 11) is 0. The lowest BCUT2D eigenvalue weighted by Gasteiger charge is -2.04. The smallest absolute Gasteiger partial charge is 0.442 e. The van der Waals surface area contributed by atoms with Crippen molar-refractivity contribution in [2.24, 2.45) is 0 Å². The van der Waals surface area contributed by atoms with Gasteiger partial charge in [-0.2, -0.15) is 4.68 Å². The van der Waals surface area contributed by atoms with Crippen molar-refractivity contribution >= 4 is 28.5 Å². The number of nitrogens with zero attached hydrogens (tertiary/aromatic N) is 3. The third-order valence-corrected chi connectivity index (χ3v) is 4.05. The van der Waals surface area contributed by atoms with Gasteiger partial charge in [0.1, 0.15) is 0 Å². The number of hydrogen-bond acceptors (Lipinski definition) is 5. The molecule has 2 aromatic heterocycles. The monoisotopic (exact) mass is 367 g/mol. The molecule has 0 saturated heterocycles. The Hall–Kier alpha value is -3.45. The maximum absolute atomic E-state index is 12.3. The molecule has 0 atom stereocenters. The van der Waals surface area contributed by atoms with E-state index in [1.165, 1.54) is 12.1 Å². The van der Waals surface area contributed by atoms with Crippen LogP contribution in [0.4, 0.5) is 0 Å². The van der Waals surface area contributed by atoms with E-state index in [1.807, 2.05) is 0 Å². The van der Waals surface area contributed by atoms with E-state index in [9.17, 15) is 9.59 Å². The molecule has 8 heteroatoms. The zero-order chi connectivity index (χ0) is 18.3. The standard InChI is InChI=1S/C18H10ClN3O4/c19-12-4-5-13-14(9-12)20-7-6-15(13)22-18(25)26-16(21-22)10-2-1-3-11(8-10)17(23)24/h1-9H,(H,23,24). The van der Waals surface area contributed by atoms with Gasteiger partial charge in [0.05, 0.1) is 16.8 Å². The summed E-state index contributed by atoms with van der Waals surface area (Å²) in [5.74, 6) is -1.74. The molecule has 4 rings (SSSR count). The molecule has 2 heterocycles. The average molecular weight is 368 g/mol. The lowest BCUT2D eigenvalue weighted by atomic mass is 10.1. The van der Waals surface area contributed by atoms with Crippen molar-refractivity contribution in [2.75, 3.05) is 0 Å². The molecule has 0 spiro atoms. The Labute approximate surface area is 151 Å². The molecule has 0 aliphatic carbocycles. The SMILES string of the molecule is O=C(O)c1cccc(-c2nn(-c3ccnc4cc(Cl)ccc34)c(=O)o2)c1. The Bertz CT molecular complexity index is 1210. The largest absolute Gasteiger partial charge is 0.478 e. The first-order chi connectivity index (χ1) is 12.5. The molecule has 1 N–H and O–H groups in total. The van der Waals surface area contributed by atoms with Gasteiger partial charge in [-0.25, -0.2) is 9.59 Å². The maximum atomic E-state index is 12.3. The number of hydrogen-bond donors (Lipinski definition) is 1. The van der Waals surface area contributed by atoms with Crippen molar-refractivity contribution in [3.63, 3.8) is 0 Å². The Balaban J connectivity index is 1.87. The summed E-state index contributed by atoms with van der Waals surface area (Å²) in [5.41, 5.74) is 1.56. The Morgan fingerprint density at radius 2 is 2.00 bits per heavy atom. The van der Waals surface area contributed by atoms with E-state index in [-0.39, 0.29) is 11.5 Å². The zero-order valence-electron chi connectivity index (χ0n) is 13.1. The third kappa shape index (κ3) is 2.74. The van der Waals surface area contributed by atoms with Crippen LogP contribution in [-0.2, 0) is 0 Å². The molecule has 0 fully saturated rings. The van der Waals surface area contributed by atoms with Crippen molar-refractivity contribution in [1.29, 1.82) is 0 Å². The molecule has 26 heavy (non-hydrogen) atoms. The van der Waals surface area contributed by atoms with Crippen LogP contribution < -0.4 is 5.76 Å². The Morgan fingerprint density at radius 1 is 1.15 bits per heavy atom. The number of carbonyl (C=O) groups is 1. The highest BCUT2D eigenvalue weighted by Gasteiger charge is 2.15. The van der Waals surface area contributed by atoms with Crippen LogP contribution in [-0.4, -0.2) is 25.8 Å². The highest BCUT2D eigenvalue weighted by molar-refractivity contribution is 6.31. The number of rotatable bonds is 3. The van der Waals surface area contributed by atoms with Crippen LogP contribution >= 0.6 is 11.6 Å². The Kier molecular flexibility index (Phi) is 3.78. The van der Waals surface area contributed by atoms with E-state index in [4.69, 9.17) is 21.1 Å². The summed E-state index contributed by atoms with van der Waals surface area (Å²) in [6.45, 7) is 0. The van der Waals surface area contributed by atoms with Crippen LogP contribution in [0.15, 0.2) is 63.9 Å². The number of carboxylic acids is 1. The van der Waals surface area contributed by atoms with Crippen LogP contribution in [0.3, 0.4) is 0 Å².